The molecule has 6 atom stereocenters. The maximum Gasteiger partial charge on any atom is 0.472 e. The van der Waals surface area contributed by atoms with Crippen molar-refractivity contribution in [2.75, 3.05) is 13.2 Å². The summed E-state index contributed by atoms with van der Waals surface area (Å²) in [4.78, 5) is 34.9. The zero-order valence-corrected chi connectivity index (χ0v) is 31.6. The Balaban J connectivity index is 2.36. The van der Waals surface area contributed by atoms with E-state index in [1.54, 1.807) is 0 Å². The van der Waals surface area contributed by atoms with Crippen LogP contribution in [0.1, 0.15) is 162 Å². The Morgan fingerprint density at radius 2 is 0.900 bits per heavy atom. The van der Waals surface area contributed by atoms with Gasteiger partial charge in [0.15, 0.2) is 6.10 Å². The minimum atomic E-state index is -5.09. The number of ether oxygens (including phenoxy) is 2. The molecule has 1 saturated carbocycles. The first-order valence-corrected chi connectivity index (χ1v) is 20.8. The third kappa shape index (κ3) is 21.4. The van der Waals surface area contributed by atoms with E-state index in [4.69, 9.17) is 18.5 Å². The van der Waals surface area contributed by atoms with Gasteiger partial charge in [-0.3, -0.25) is 18.6 Å². The SMILES string of the molecule is CCCCCCCCCCCCCCCCCCCCC(=O)OC(COC(=O)CCCCC)COP(=O)(O)OC1C(O)C(O)C(O)C(O)C1O. The van der Waals surface area contributed by atoms with Gasteiger partial charge in [-0.1, -0.05) is 136 Å². The van der Waals surface area contributed by atoms with Crippen molar-refractivity contribution in [3.63, 3.8) is 0 Å². The number of hydrogen-bond acceptors (Lipinski definition) is 12. The normalized spacial score (nSPS) is 24.1. The van der Waals surface area contributed by atoms with E-state index in [2.05, 4.69) is 6.92 Å². The van der Waals surface area contributed by atoms with Gasteiger partial charge in [-0.25, -0.2) is 4.57 Å². The molecule has 1 rings (SSSR count). The molecule has 0 aliphatic heterocycles. The molecule has 50 heavy (non-hydrogen) atoms. The summed E-state index contributed by atoms with van der Waals surface area (Å²) >= 11 is 0. The van der Waals surface area contributed by atoms with E-state index in [0.29, 0.717) is 12.8 Å². The van der Waals surface area contributed by atoms with Gasteiger partial charge in [-0.05, 0) is 12.8 Å². The summed E-state index contributed by atoms with van der Waals surface area (Å²) in [5.74, 6) is -1.12. The molecule has 1 aliphatic rings. The number of esters is 2. The van der Waals surface area contributed by atoms with Gasteiger partial charge in [-0.15, -0.1) is 0 Å². The molecule has 0 saturated heterocycles. The molecule has 6 unspecified atom stereocenters. The van der Waals surface area contributed by atoms with Gasteiger partial charge in [-0.2, -0.15) is 0 Å². The maximum absolute atomic E-state index is 12.6. The van der Waals surface area contributed by atoms with E-state index in [1.807, 2.05) is 6.92 Å². The number of phosphoric ester groups is 1. The van der Waals surface area contributed by atoms with Crippen molar-refractivity contribution < 1.29 is 63.1 Å². The number of rotatable bonds is 31. The summed E-state index contributed by atoms with van der Waals surface area (Å²) in [6.45, 7) is 3.07. The van der Waals surface area contributed by atoms with Crippen molar-refractivity contribution in [1.82, 2.24) is 0 Å². The van der Waals surface area contributed by atoms with Gasteiger partial charge in [0, 0.05) is 12.8 Å². The first kappa shape index (κ1) is 46.9. The number of hydrogen-bond donors (Lipinski definition) is 6. The van der Waals surface area contributed by atoms with Crippen LogP contribution in [0.25, 0.3) is 0 Å². The van der Waals surface area contributed by atoms with Crippen molar-refractivity contribution in [2.45, 2.75) is 204 Å². The quantitative estimate of drug-likeness (QED) is 0.0284. The number of phosphoric acid groups is 1. The van der Waals surface area contributed by atoms with E-state index in [1.165, 1.54) is 89.9 Å². The lowest BCUT2D eigenvalue weighted by atomic mass is 9.85. The number of carbonyl (C=O) groups excluding carboxylic acids is 2. The Kier molecular flexibility index (Phi) is 26.6. The molecule has 1 fully saturated rings. The fraction of sp³-hybridized carbons (Fsp3) is 0.944. The molecule has 0 spiro atoms. The largest absolute Gasteiger partial charge is 0.472 e. The molecule has 0 aromatic carbocycles. The first-order chi connectivity index (χ1) is 23.9. The molecule has 0 aromatic heterocycles. The average molecular weight is 741 g/mol. The Morgan fingerprint density at radius 1 is 0.540 bits per heavy atom. The second kappa shape index (κ2) is 28.4. The Morgan fingerprint density at radius 3 is 1.36 bits per heavy atom. The summed E-state index contributed by atoms with van der Waals surface area (Å²) in [7, 11) is -5.09. The predicted molar refractivity (Wildman–Crippen MR) is 189 cm³/mol. The van der Waals surface area contributed by atoms with E-state index < -0.39 is 75.7 Å². The minimum absolute atomic E-state index is 0.103. The van der Waals surface area contributed by atoms with E-state index in [-0.39, 0.29) is 12.8 Å². The van der Waals surface area contributed by atoms with Crippen LogP contribution in [0.3, 0.4) is 0 Å². The topological polar surface area (TPSA) is 210 Å². The lowest BCUT2D eigenvalue weighted by Gasteiger charge is -2.41. The molecule has 0 bridgehead atoms. The van der Waals surface area contributed by atoms with Crippen LogP contribution in [0, 0.1) is 0 Å². The molecule has 0 amide bonds. The monoisotopic (exact) mass is 740 g/mol. The summed E-state index contributed by atoms with van der Waals surface area (Å²) in [5, 5.41) is 49.7. The molecule has 0 heterocycles. The molecule has 13 nitrogen and oxygen atoms in total. The van der Waals surface area contributed by atoms with Crippen LogP contribution in [-0.4, -0.2) is 98.3 Å². The zero-order chi connectivity index (χ0) is 37.2. The second-order valence-electron chi connectivity index (χ2n) is 13.8. The van der Waals surface area contributed by atoms with Crippen LogP contribution in [-0.2, 0) is 32.7 Å². The average Bonchev–Trinajstić information content (AvgIpc) is 3.09. The molecular weight excluding hydrogens is 671 g/mol. The van der Waals surface area contributed by atoms with Gasteiger partial charge in [0.25, 0.3) is 0 Å². The van der Waals surface area contributed by atoms with Gasteiger partial charge in [0.05, 0.1) is 6.61 Å². The molecule has 1 aliphatic carbocycles. The van der Waals surface area contributed by atoms with E-state index in [0.717, 1.165) is 32.1 Å². The molecule has 0 radical (unpaired) electrons. The third-order valence-electron chi connectivity index (χ3n) is 9.20. The number of unbranched alkanes of at least 4 members (excludes halogenated alkanes) is 19. The van der Waals surface area contributed by atoms with Gasteiger partial charge in [0.2, 0.25) is 0 Å². The summed E-state index contributed by atoms with van der Waals surface area (Å²) < 4.78 is 33.0. The zero-order valence-electron chi connectivity index (χ0n) is 30.7. The highest BCUT2D eigenvalue weighted by molar-refractivity contribution is 7.47. The molecule has 6 N–H and O–H groups in total. The molecular formula is C36H69O13P. The van der Waals surface area contributed by atoms with E-state index >= 15 is 0 Å². The van der Waals surface area contributed by atoms with Crippen LogP contribution < -0.4 is 0 Å². The highest BCUT2D eigenvalue weighted by atomic mass is 31.2. The van der Waals surface area contributed by atoms with Crippen LogP contribution in [0.15, 0.2) is 0 Å². The second-order valence-corrected chi connectivity index (χ2v) is 15.2. The molecule has 296 valence electrons. The summed E-state index contributed by atoms with van der Waals surface area (Å²) in [6.07, 6.45) is 11.5. The minimum Gasteiger partial charge on any atom is -0.462 e. The smallest absolute Gasteiger partial charge is 0.462 e. The van der Waals surface area contributed by atoms with Gasteiger partial charge >= 0.3 is 19.8 Å². The number of aliphatic hydroxyl groups is 5. The van der Waals surface area contributed by atoms with Crippen LogP contribution >= 0.6 is 7.82 Å². The lowest BCUT2D eigenvalue weighted by Crippen LogP contribution is -2.64. The van der Waals surface area contributed by atoms with Crippen LogP contribution in [0.5, 0.6) is 0 Å². The van der Waals surface area contributed by atoms with Gasteiger partial charge < -0.3 is 39.9 Å². The Bertz CT molecular complexity index is 906. The van der Waals surface area contributed by atoms with E-state index in [9.17, 15) is 44.6 Å². The Hall–Kier alpha value is -1.15. The predicted octanol–water partition coefficient (Wildman–Crippen LogP) is 5.77. The maximum atomic E-state index is 12.6. The Labute approximate surface area is 300 Å². The van der Waals surface area contributed by atoms with Gasteiger partial charge in [0.1, 0.15) is 43.2 Å². The van der Waals surface area contributed by atoms with Crippen molar-refractivity contribution in [1.29, 1.82) is 0 Å². The molecule has 14 heteroatoms. The highest BCUT2D eigenvalue weighted by Crippen LogP contribution is 2.47. The number of carbonyl (C=O) groups is 2. The molecule has 0 aromatic rings. The summed E-state index contributed by atoms with van der Waals surface area (Å²) in [5.41, 5.74) is 0. The fourth-order valence-electron chi connectivity index (χ4n) is 5.99. The standard InChI is InChI=1S/C36H69O13P/c1-3-5-7-8-9-10-11-12-13-14-15-16-17-18-19-20-21-23-25-30(38)48-28(26-46-29(37)24-22-6-4-2)27-47-50(44,45)49-36-34(42)32(40)31(39)33(41)35(36)43/h28,31-36,39-43H,3-27H2,1-2H3,(H,44,45). The van der Waals surface area contributed by atoms with Crippen molar-refractivity contribution >= 4 is 19.8 Å². The lowest BCUT2D eigenvalue weighted by molar-refractivity contribution is -0.220. The fourth-order valence-corrected chi connectivity index (χ4v) is 6.96. The summed E-state index contributed by atoms with van der Waals surface area (Å²) in [6, 6.07) is 0. The highest BCUT2D eigenvalue weighted by Gasteiger charge is 2.51. The first-order valence-electron chi connectivity index (χ1n) is 19.3. The van der Waals surface area contributed by atoms with Crippen molar-refractivity contribution in [3.8, 4) is 0 Å². The van der Waals surface area contributed by atoms with Crippen molar-refractivity contribution in [3.05, 3.63) is 0 Å². The third-order valence-corrected chi connectivity index (χ3v) is 10.2. The van der Waals surface area contributed by atoms with Crippen LogP contribution in [0.2, 0.25) is 0 Å². The number of aliphatic hydroxyl groups excluding tert-OH is 5. The van der Waals surface area contributed by atoms with Crippen molar-refractivity contribution in [2.24, 2.45) is 0 Å². The van der Waals surface area contributed by atoms with Crippen LogP contribution in [0.4, 0.5) is 0 Å².